The van der Waals surface area contributed by atoms with Gasteiger partial charge in [-0.3, -0.25) is 9.59 Å². The molecule has 114 valence electrons. The minimum absolute atomic E-state index is 0.143. The summed E-state index contributed by atoms with van der Waals surface area (Å²) in [5.74, 6) is -1.03. The molecule has 1 rings (SSSR count). The largest absolute Gasteiger partial charge is 0.452 e. The summed E-state index contributed by atoms with van der Waals surface area (Å²) in [6, 6.07) is 7.04. The first-order valence-electron chi connectivity index (χ1n) is 6.68. The number of benzene rings is 1. The Bertz CT molecular complexity index is 509. The summed E-state index contributed by atoms with van der Waals surface area (Å²) in [4.78, 5) is 34.0. The van der Waals surface area contributed by atoms with Crippen LogP contribution in [-0.2, 0) is 14.3 Å². The average Bonchev–Trinajstić information content (AvgIpc) is 2.50. The van der Waals surface area contributed by atoms with Crippen molar-refractivity contribution in [2.75, 3.05) is 20.2 Å². The lowest BCUT2D eigenvalue weighted by Gasteiger charge is -2.08. The Labute approximate surface area is 123 Å². The maximum Gasteiger partial charge on any atom is 0.338 e. The molecule has 0 fully saturated rings. The van der Waals surface area contributed by atoms with Gasteiger partial charge >= 0.3 is 5.97 Å². The van der Waals surface area contributed by atoms with Gasteiger partial charge in [-0.25, -0.2) is 4.79 Å². The van der Waals surface area contributed by atoms with Crippen LogP contribution in [0.15, 0.2) is 24.3 Å². The van der Waals surface area contributed by atoms with Crippen molar-refractivity contribution < 1.29 is 19.1 Å². The Morgan fingerprint density at radius 3 is 2.24 bits per heavy atom. The van der Waals surface area contributed by atoms with E-state index in [1.54, 1.807) is 12.1 Å². The van der Waals surface area contributed by atoms with Crippen molar-refractivity contribution >= 4 is 17.8 Å². The van der Waals surface area contributed by atoms with Gasteiger partial charge in [-0.15, -0.1) is 0 Å². The van der Waals surface area contributed by atoms with E-state index >= 15 is 0 Å². The van der Waals surface area contributed by atoms with E-state index in [2.05, 4.69) is 24.5 Å². The van der Waals surface area contributed by atoms with Crippen molar-refractivity contribution in [3.05, 3.63) is 35.4 Å². The van der Waals surface area contributed by atoms with Crippen molar-refractivity contribution in [2.45, 2.75) is 19.8 Å². The molecule has 0 aromatic heterocycles. The van der Waals surface area contributed by atoms with Crippen LogP contribution in [0, 0.1) is 0 Å². The number of carbonyl (C=O) groups excluding carboxylic acids is 3. The van der Waals surface area contributed by atoms with Crippen LogP contribution in [0.1, 0.15) is 35.7 Å². The number of ether oxygens (including phenoxy) is 1. The molecule has 0 aliphatic rings. The molecule has 21 heavy (non-hydrogen) atoms. The Hall–Kier alpha value is -2.37. The zero-order chi connectivity index (χ0) is 15.8. The molecule has 0 heterocycles. The number of esters is 1. The van der Waals surface area contributed by atoms with Gasteiger partial charge in [-0.05, 0) is 23.6 Å². The summed E-state index contributed by atoms with van der Waals surface area (Å²) < 4.78 is 4.87. The second-order valence-electron chi connectivity index (χ2n) is 4.80. The smallest absolute Gasteiger partial charge is 0.338 e. The molecule has 0 bridgehead atoms. The normalized spacial score (nSPS) is 10.1. The molecule has 0 radical (unpaired) electrons. The highest BCUT2D eigenvalue weighted by molar-refractivity contribution is 5.92. The van der Waals surface area contributed by atoms with Crippen LogP contribution >= 0.6 is 0 Å². The van der Waals surface area contributed by atoms with E-state index in [0.717, 1.165) is 5.56 Å². The highest BCUT2D eigenvalue weighted by Gasteiger charge is 2.11. The maximum absolute atomic E-state index is 11.7. The highest BCUT2D eigenvalue weighted by Crippen LogP contribution is 2.15. The monoisotopic (exact) mass is 292 g/mol. The highest BCUT2D eigenvalue weighted by atomic mass is 16.5. The molecule has 2 amide bonds. The molecule has 6 nitrogen and oxygen atoms in total. The van der Waals surface area contributed by atoms with Crippen molar-refractivity contribution in [3.63, 3.8) is 0 Å². The summed E-state index contributed by atoms with van der Waals surface area (Å²) in [6.07, 6.45) is 0. The predicted molar refractivity (Wildman–Crippen MR) is 77.9 cm³/mol. The summed E-state index contributed by atoms with van der Waals surface area (Å²) in [7, 11) is 1.47. The fourth-order valence-electron chi connectivity index (χ4n) is 1.54. The number of amides is 2. The van der Waals surface area contributed by atoms with Gasteiger partial charge in [0.25, 0.3) is 5.91 Å². The second kappa shape index (κ2) is 8.04. The van der Waals surface area contributed by atoms with Crippen LogP contribution in [0.3, 0.4) is 0 Å². The third-order valence-corrected chi connectivity index (χ3v) is 2.87. The van der Waals surface area contributed by atoms with Gasteiger partial charge in [0, 0.05) is 7.05 Å². The Morgan fingerprint density at radius 1 is 1.10 bits per heavy atom. The molecule has 0 spiro atoms. The quantitative estimate of drug-likeness (QED) is 0.761. The molecular formula is C15H20N2O4. The first-order valence-corrected chi connectivity index (χ1v) is 6.68. The maximum atomic E-state index is 11.7. The molecule has 0 saturated carbocycles. The van der Waals surface area contributed by atoms with Crippen LogP contribution < -0.4 is 10.6 Å². The van der Waals surface area contributed by atoms with E-state index in [0.29, 0.717) is 11.5 Å². The number of rotatable bonds is 6. The van der Waals surface area contributed by atoms with Gasteiger partial charge in [0.15, 0.2) is 6.61 Å². The van der Waals surface area contributed by atoms with E-state index in [9.17, 15) is 14.4 Å². The zero-order valence-corrected chi connectivity index (χ0v) is 12.4. The minimum Gasteiger partial charge on any atom is -0.452 e. The van der Waals surface area contributed by atoms with Gasteiger partial charge in [-0.2, -0.15) is 0 Å². The first-order chi connectivity index (χ1) is 9.93. The third-order valence-electron chi connectivity index (χ3n) is 2.87. The molecule has 1 aromatic rings. The standard InChI is InChI=1S/C15H20N2O4/c1-10(2)11-4-6-12(7-5-11)15(20)21-9-14(19)17-8-13(18)16-3/h4-7,10H,8-9H2,1-3H3,(H,16,18)(H,17,19). The van der Waals surface area contributed by atoms with Crippen molar-refractivity contribution in [1.82, 2.24) is 10.6 Å². The fourth-order valence-corrected chi connectivity index (χ4v) is 1.54. The number of nitrogens with one attached hydrogen (secondary N) is 2. The van der Waals surface area contributed by atoms with E-state index < -0.39 is 18.5 Å². The van der Waals surface area contributed by atoms with Gasteiger partial charge in [0.2, 0.25) is 5.91 Å². The van der Waals surface area contributed by atoms with Crippen molar-refractivity contribution in [3.8, 4) is 0 Å². The number of likely N-dealkylation sites (N-methyl/N-ethyl adjacent to an activating group) is 1. The summed E-state index contributed by atoms with van der Waals surface area (Å²) >= 11 is 0. The lowest BCUT2D eigenvalue weighted by Crippen LogP contribution is -2.37. The lowest BCUT2D eigenvalue weighted by molar-refractivity contribution is -0.127. The van der Waals surface area contributed by atoms with Gasteiger partial charge < -0.3 is 15.4 Å². The molecule has 2 N–H and O–H groups in total. The molecule has 1 aromatic carbocycles. The van der Waals surface area contributed by atoms with Crippen LogP contribution in [0.5, 0.6) is 0 Å². The fraction of sp³-hybridized carbons (Fsp3) is 0.400. The van der Waals surface area contributed by atoms with Gasteiger partial charge in [0.05, 0.1) is 12.1 Å². The average molecular weight is 292 g/mol. The van der Waals surface area contributed by atoms with E-state index in [1.165, 1.54) is 7.05 Å². The zero-order valence-electron chi connectivity index (χ0n) is 12.4. The minimum atomic E-state index is -0.569. The Kier molecular flexibility index (Phi) is 6.39. The molecule has 0 unspecified atom stereocenters. The van der Waals surface area contributed by atoms with Crippen molar-refractivity contribution in [1.29, 1.82) is 0 Å². The third kappa shape index (κ3) is 5.64. The van der Waals surface area contributed by atoms with Crippen LogP contribution in [0.4, 0.5) is 0 Å². The first kappa shape index (κ1) is 16.7. The topological polar surface area (TPSA) is 84.5 Å². The van der Waals surface area contributed by atoms with E-state index in [1.807, 2.05) is 12.1 Å². The molecular weight excluding hydrogens is 272 g/mol. The summed E-state index contributed by atoms with van der Waals surface area (Å²) in [6.45, 7) is 3.56. The Morgan fingerprint density at radius 2 is 1.71 bits per heavy atom. The van der Waals surface area contributed by atoms with Crippen LogP contribution in [0.25, 0.3) is 0 Å². The van der Waals surface area contributed by atoms with E-state index in [-0.39, 0.29) is 12.5 Å². The molecule has 0 aliphatic carbocycles. The molecule has 0 saturated heterocycles. The summed E-state index contributed by atoms with van der Waals surface area (Å²) in [5.41, 5.74) is 1.51. The van der Waals surface area contributed by atoms with Gasteiger partial charge in [0.1, 0.15) is 0 Å². The lowest BCUT2D eigenvalue weighted by atomic mass is 10.0. The molecule has 0 atom stereocenters. The molecule has 0 aliphatic heterocycles. The summed E-state index contributed by atoms with van der Waals surface area (Å²) in [5, 5.41) is 4.70. The number of carbonyl (C=O) groups is 3. The second-order valence-corrected chi connectivity index (χ2v) is 4.80. The van der Waals surface area contributed by atoms with Crippen LogP contribution in [-0.4, -0.2) is 38.0 Å². The predicted octanol–water partition coefficient (Wildman–Crippen LogP) is 0.829. The SMILES string of the molecule is CNC(=O)CNC(=O)COC(=O)c1ccc(C(C)C)cc1. The van der Waals surface area contributed by atoms with E-state index in [4.69, 9.17) is 4.74 Å². The van der Waals surface area contributed by atoms with Crippen molar-refractivity contribution in [2.24, 2.45) is 0 Å². The Balaban J connectivity index is 2.43. The van der Waals surface area contributed by atoms with Crippen LogP contribution in [0.2, 0.25) is 0 Å². The number of hydrogen-bond donors (Lipinski definition) is 2. The number of hydrogen-bond acceptors (Lipinski definition) is 4. The van der Waals surface area contributed by atoms with Gasteiger partial charge in [-0.1, -0.05) is 26.0 Å². The molecule has 6 heteroatoms.